The Morgan fingerprint density at radius 1 is 1.20 bits per heavy atom. The van der Waals surface area contributed by atoms with E-state index in [1.54, 1.807) is 24.8 Å². The third-order valence-electron chi connectivity index (χ3n) is 7.64. The van der Waals surface area contributed by atoms with Gasteiger partial charge in [-0.1, -0.05) is 6.07 Å². The molecular formula is C25H35F3N4O3. The number of piperidine rings is 1. The van der Waals surface area contributed by atoms with Crippen LogP contribution in [0.15, 0.2) is 24.3 Å². The SMILES string of the molecule is CC1(C)CN(c2cccc(C(F)(F)F)c2)CCC(=O)N1NC(=O)CCCN1CCC2(CC2)[C@H](O)C1. The number of hydrogen-bond acceptors (Lipinski definition) is 5. The number of benzene rings is 1. The molecule has 2 saturated heterocycles. The number of hydrogen-bond donors (Lipinski definition) is 2. The van der Waals surface area contributed by atoms with Crippen molar-refractivity contribution < 1.29 is 27.9 Å². The monoisotopic (exact) mass is 496 g/mol. The number of alkyl halides is 3. The van der Waals surface area contributed by atoms with E-state index in [4.69, 9.17) is 0 Å². The molecule has 0 bridgehead atoms. The van der Waals surface area contributed by atoms with Gasteiger partial charge in [0.2, 0.25) is 11.8 Å². The maximum absolute atomic E-state index is 13.2. The van der Waals surface area contributed by atoms with Gasteiger partial charge in [0.05, 0.1) is 17.2 Å². The Morgan fingerprint density at radius 3 is 2.60 bits per heavy atom. The number of rotatable bonds is 6. The largest absolute Gasteiger partial charge is 0.416 e. The van der Waals surface area contributed by atoms with Crippen LogP contribution in [0.2, 0.25) is 0 Å². The van der Waals surface area contributed by atoms with Crippen LogP contribution in [0.5, 0.6) is 0 Å². The number of halogens is 3. The van der Waals surface area contributed by atoms with Gasteiger partial charge in [-0.05, 0) is 76.2 Å². The standard InChI is InChI=1S/C25H35F3N4O3/c1-23(2)17-31(19-6-3-5-18(15-19)25(26,27)28)13-8-22(35)32(23)29-21(34)7-4-12-30-14-11-24(9-10-24)20(33)16-30/h3,5-6,15,20,33H,4,7-14,16-17H2,1-2H3,(H,29,34)/t20-/m1/s1. The van der Waals surface area contributed by atoms with E-state index in [1.807, 2.05) is 0 Å². The Kier molecular flexibility index (Phi) is 7.07. The van der Waals surface area contributed by atoms with Crippen molar-refractivity contribution in [3.63, 3.8) is 0 Å². The number of carbonyl (C=O) groups is 2. The van der Waals surface area contributed by atoms with E-state index in [0.717, 1.165) is 37.9 Å². The van der Waals surface area contributed by atoms with Crippen molar-refractivity contribution in [2.75, 3.05) is 37.6 Å². The second-order valence-electron chi connectivity index (χ2n) is 10.8. The first-order chi connectivity index (χ1) is 16.4. The van der Waals surface area contributed by atoms with E-state index in [0.29, 0.717) is 25.2 Å². The molecule has 1 atom stereocenters. The van der Waals surface area contributed by atoms with Crippen molar-refractivity contribution in [3.8, 4) is 0 Å². The molecule has 0 unspecified atom stereocenters. The van der Waals surface area contributed by atoms with Crippen LogP contribution in [-0.4, -0.2) is 71.2 Å². The Bertz CT molecular complexity index is 948. The average molecular weight is 497 g/mol. The fourth-order valence-electron chi connectivity index (χ4n) is 5.28. The van der Waals surface area contributed by atoms with Crippen LogP contribution < -0.4 is 10.3 Å². The highest BCUT2D eigenvalue weighted by Gasteiger charge is 2.51. The van der Waals surface area contributed by atoms with Gasteiger partial charge < -0.3 is 14.9 Å². The lowest BCUT2D eigenvalue weighted by molar-refractivity contribution is -0.147. The van der Waals surface area contributed by atoms with Crippen LogP contribution in [0.1, 0.15) is 57.9 Å². The number of amides is 2. The number of nitrogens with zero attached hydrogens (tertiary/aromatic N) is 3. The number of likely N-dealkylation sites (tertiary alicyclic amines) is 1. The van der Waals surface area contributed by atoms with E-state index < -0.39 is 17.3 Å². The molecule has 7 nitrogen and oxygen atoms in total. The third kappa shape index (κ3) is 5.91. The van der Waals surface area contributed by atoms with Gasteiger partial charge in [0.1, 0.15) is 0 Å². The average Bonchev–Trinajstić information content (AvgIpc) is 3.58. The molecule has 35 heavy (non-hydrogen) atoms. The second-order valence-corrected chi connectivity index (χ2v) is 10.8. The molecule has 4 rings (SSSR count). The summed E-state index contributed by atoms with van der Waals surface area (Å²) in [5.41, 5.74) is 1.73. The minimum absolute atomic E-state index is 0.0768. The fraction of sp³-hybridized carbons (Fsp3) is 0.680. The van der Waals surface area contributed by atoms with Gasteiger partial charge in [-0.25, -0.2) is 5.01 Å². The van der Waals surface area contributed by atoms with Crippen molar-refractivity contribution in [1.82, 2.24) is 15.3 Å². The Balaban J connectivity index is 1.31. The molecule has 3 fully saturated rings. The van der Waals surface area contributed by atoms with Gasteiger partial charge in [-0.15, -0.1) is 0 Å². The summed E-state index contributed by atoms with van der Waals surface area (Å²) < 4.78 is 39.5. The molecule has 1 saturated carbocycles. The smallest absolute Gasteiger partial charge is 0.391 e. The first kappa shape index (κ1) is 25.8. The molecule has 2 aliphatic heterocycles. The minimum Gasteiger partial charge on any atom is -0.391 e. The summed E-state index contributed by atoms with van der Waals surface area (Å²) >= 11 is 0. The van der Waals surface area contributed by atoms with Crippen molar-refractivity contribution >= 4 is 17.5 Å². The maximum Gasteiger partial charge on any atom is 0.416 e. The van der Waals surface area contributed by atoms with Crippen LogP contribution in [0.4, 0.5) is 18.9 Å². The number of hydrazine groups is 1. The highest BCUT2D eigenvalue weighted by Crippen LogP contribution is 2.53. The Hall–Kier alpha value is -2.33. The summed E-state index contributed by atoms with van der Waals surface area (Å²) in [6, 6.07) is 5.09. The lowest BCUT2D eigenvalue weighted by Crippen LogP contribution is -2.59. The zero-order chi connectivity index (χ0) is 25.4. The number of β-amino-alcohol motifs (C(OH)–C–C–N with tert-alkyl or cyclic N) is 1. The molecule has 1 aromatic carbocycles. The van der Waals surface area contributed by atoms with Gasteiger partial charge in [0, 0.05) is 38.2 Å². The summed E-state index contributed by atoms with van der Waals surface area (Å²) in [5.74, 6) is -0.540. The normalized spacial score (nSPS) is 24.4. The van der Waals surface area contributed by atoms with Crippen LogP contribution in [0.25, 0.3) is 0 Å². The van der Waals surface area contributed by atoms with Crippen molar-refractivity contribution in [1.29, 1.82) is 0 Å². The molecule has 2 amide bonds. The highest BCUT2D eigenvalue weighted by molar-refractivity contribution is 5.83. The summed E-state index contributed by atoms with van der Waals surface area (Å²) in [6.07, 6.45) is -0.588. The number of carbonyl (C=O) groups excluding carboxylic acids is 2. The van der Waals surface area contributed by atoms with Crippen molar-refractivity contribution in [2.24, 2.45) is 5.41 Å². The minimum atomic E-state index is -4.45. The Morgan fingerprint density at radius 2 is 1.94 bits per heavy atom. The van der Waals surface area contributed by atoms with Gasteiger partial charge in [0.25, 0.3) is 0 Å². The van der Waals surface area contributed by atoms with Crippen molar-refractivity contribution in [3.05, 3.63) is 29.8 Å². The second kappa shape index (κ2) is 9.61. The summed E-state index contributed by atoms with van der Waals surface area (Å²) in [4.78, 5) is 29.5. The summed E-state index contributed by atoms with van der Waals surface area (Å²) in [6.45, 7) is 6.40. The van der Waals surface area contributed by atoms with Gasteiger partial charge in [-0.2, -0.15) is 13.2 Å². The van der Waals surface area contributed by atoms with Crippen LogP contribution in [-0.2, 0) is 15.8 Å². The fourth-order valence-corrected chi connectivity index (χ4v) is 5.28. The zero-order valence-electron chi connectivity index (χ0n) is 20.4. The van der Waals surface area contributed by atoms with Crippen LogP contribution in [0.3, 0.4) is 0 Å². The molecule has 1 spiro atoms. The molecule has 10 heteroatoms. The number of aliphatic hydroxyl groups excluding tert-OH is 1. The zero-order valence-corrected chi connectivity index (χ0v) is 20.4. The number of aliphatic hydroxyl groups is 1. The van der Waals surface area contributed by atoms with Crippen LogP contribution in [0, 0.1) is 5.41 Å². The van der Waals surface area contributed by atoms with E-state index in [-0.39, 0.29) is 49.3 Å². The Labute approximate surface area is 204 Å². The van der Waals surface area contributed by atoms with Gasteiger partial charge >= 0.3 is 6.18 Å². The molecule has 194 valence electrons. The maximum atomic E-state index is 13.2. The molecular weight excluding hydrogens is 461 g/mol. The van der Waals surface area contributed by atoms with E-state index >= 15 is 0 Å². The topological polar surface area (TPSA) is 76.1 Å². The first-order valence-corrected chi connectivity index (χ1v) is 12.3. The van der Waals surface area contributed by atoms with Gasteiger partial charge in [0.15, 0.2) is 0 Å². The lowest BCUT2D eigenvalue weighted by Gasteiger charge is -2.39. The molecule has 1 aliphatic carbocycles. The predicted octanol–water partition coefficient (Wildman–Crippen LogP) is 3.18. The molecule has 0 radical (unpaired) electrons. The van der Waals surface area contributed by atoms with Gasteiger partial charge in [-0.3, -0.25) is 15.0 Å². The van der Waals surface area contributed by atoms with E-state index in [2.05, 4.69) is 10.3 Å². The predicted molar refractivity (Wildman–Crippen MR) is 125 cm³/mol. The first-order valence-electron chi connectivity index (χ1n) is 12.3. The molecule has 1 aromatic rings. The summed E-state index contributed by atoms with van der Waals surface area (Å²) in [7, 11) is 0. The third-order valence-corrected chi connectivity index (χ3v) is 7.64. The highest BCUT2D eigenvalue weighted by atomic mass is 19.4. The lowest BCUT2D eigenvalue weighted by atomic mass is 9.90. The molecule has 3 aliphatic rings. The molecule has 2 heterocycles. The quantitative estimate of drug-likeness (QED) is 0.633. The number of anilines is 1. The van der Waals surface area contributed by atoms with E-state index in [1.165, 1.54) is 11.1 Å². The number of nitrogens with one attached hydrogen (secondary N) is 1. The van der Waals surface area contributed by atoms with E-state index in [9.17, 15) is 27.9 Å². The molecule has 2 N–H and O–H groups in total. The van der Waals surface area contributed by atoms with Crippen molar-refractivity contribution in [2.45, 2.75) is 70.2 Å². The molecule has 0 aromatic heterocycles. The van der Waals surface area contributed by atoms with Crippen LogP contribution >= 0.6 is 0 Å². The summed E-state index contributed by atoms with van der Waals surface area (Å²) in [5, 5.41) is 11.7.